The lowest BCUT2D eigenvalue weighted by molar-refractivity contribution is 0.482. The van der Waals surface area contributed by atoms with Crippen molar-refractivity contribution >= 4 is 28.1 Å². The van der Waals surface area contributed by atoms with E-state index in [0.29, 0.717) is 16.1 Å². The predicted molar refractivity (Wildman–Crippen MR) is 55.0 cm³/mol. The molecule has 0 spiro atoms. The number of nitrogen functional groups attached to an aromatic ring is 1. The van der Waals surface area contributed by atoms with Gasteiger partial charge in [-0.25, -0.2) is 0 Å². The SMILES string of the molecule is Nc1cccc2c(O)c(Cl)ccc12. The number of nitrogens with two attached hydrogens (primary N) is 1. The molecular formula is C10H8ClNO. The fourth-order valence-electron chi connectivity index (χ4n) is 1.34. The number of anilines is 1. The number of halogens is 1. The highest BCUT2D eigenvalue weighted by molar-refractivity contribution is 6.33. The van der Waals surface area contributed by atoms with Gasteiger partial charge in [0.2, 0.25) is 0 Å². The zero-order valence-electron chi connectivity index (χ0n) is 6.79. The number of benzene rings is 2. The van der Waals surface area contributed by atoms with Crippen LogP contribution < -0.4 is 5.73 Å². The van der Waals surface area contributed by atoms with Crippen molar-refractivity contribution in [3.8, 4) is 5.75 Å². The van der Waals surface area contributed by atoms with Crippen LogP contribution in [-0.2, 0) is 0 Å². The molecule has 0 saturated carbocycles. The van der Waals surface area contributed by atoms with Gasteiger partial charge in [0, 0.05) is 16.5 Å². The molecule has 3 heteroatoms. The Kier molecular flexibility index (Phi) is 1.78. The topological polar surface area (TPSA) is 46.2 Å². The van der Waals surface area contributed by atoms with Crippen molar-refractivity contribution in [1.29, 1.82) is 0 Å². The molecule has 0 unspecified atom stereocenters. The van der Waals surface area contributed by atoms with Gasteiger partial charge >= 0.3 is 0 Å². The fourth-order valence-corrected chi connectivity index (χ4v) is 1.50. The Balaban J connectivity index is 2.94. The third kappa shape index (κ3) is 1.19. The summed E-state index contributed by atoms with van der Waals surface area (Å²) in [6.07, 6.45) is 0. The van der Waals surface area contributed by atoms with Crippen LogP contribution in [0.25, 0.3) is 10.8 Å². The van der Waals surface area contributed by atoms with Gasteiger partial charge in [0.15, 0.2) is 0 Å². The molecule has 0 heterocycles. The first-order valence-corrected chi connectivity index (χ1v) is 4.23. The number of hydrogen-bond donors (Lipinski definition) is 2. The monoisotopic (exact) mass is 193 g/mol. The summed E-state index contributed by atoms with van der Waals surface area (Å²) in [7, 11) is 0. The van der Waals surface area contributed by atoms with Crippen molar-refractivity contribution in [3.63, 3.8) is 0 Å². The number of aromatic hydroxyl groups is 1. The summed E-state index contributed by atoms with van der Waals surface area (Å²) >= 11 is 5.75. The van der Waals surface area contributed by atoms with E-state index in [2.05, 4.69) is 0 Å². The van der Waals surface area contributed by atoms with Gasteiger partial charge in [0.05, 0.1) is 5.02 Å². The van der Waals surface area contributed by atoms with E-state index >= 15 is 0 Å². The van der Waals surface area contributed by atoms with E-state index in [0.717, 1.165) is 5.39 Å². The van der Waals surface area contributed by atoms with Crippen LogP contribution in [0.1, 0.15) is 0 Å². The van der Waals surface area contributed by atoms with Crippen molar-refractivity contribution in [2.24, 2.45) is 0 Å². The summed E-state index contributed by atoms with van der Waals surface area (Å²) in [5, 5.41) is 11.5. The van der Waals surface area contributed by atoms with E-state index in [4.69, 9.17) is 17.3 Å². The lowest BCUT2D eigenvalue weighted by atomic mass is 10.1. The molecule has 0 aliphatic heterocycles. The number of phenols is 1. The van der Waals surface area contributed by atoms with Crippen LogP contribution in [0.2, 0.25) is 5.02 Å². The van der Waals surface area contributed by atoms with E-state index in [1.165, 1.54) is 0 Å². The highest BCUT2D eigenvalue weighted by atomic mass is 35.5. The van der Waals surface area contributed by atoms with Crippen LogP contribution in [0.4, 0.5) is 5.69 Å². The largest absolute Gasteiger partial charge is 0.506 e. The summed E-state index contributed by atoms with van der Waals surface area (Å²) in [6, 6.07) is 8.79. The van der Waals surface area contributed by atoms with E-state index in [-0.39, 0.29) is 5.75 Å². The molecule has 0 amide bonds. The van der Waals surface area contributed by atoms with Crippen LogP contribution in [0, 0.1) is 0 Å². The average molecular weight is 194 g/mol. The van der Waals surface area contributed by atoms with Crippen LogP contribution in [0.5, 0.6) is 5.75 Å². The Labute approximate surface area is 80.6 Å². The van der Waals surface area contributed by atoms with E-state index in [1.54, 1.807) is 30.3 Å². The molecule has 2 aromatic carbocycles. The molecule has 0 saturated heterocycles. The molecule has 0 aromatic heterocycles. The maximum atomic E-state index is 9.60. The first-order valence-electron chi connectivity index (χ1n) is 3.86. The molecule has 2 nitrogen and oxygen atoms in total. The van der Waals surface area contributed by atoms with Crippen LogP contribution >= 0.6 is 11.6 Å². The third-order valence-electron chi connectivity index (χ3n) is 2.02. The Morgan fingerprint density at radius 3 is 2.62 bits per heavy atom. The summed E-state index contributed by atoms with van der Waals surface area (Å²) in [5.74, 6) is 0.0893. The van der Waals surface area contributed by atoms with Gasteiger partial charge < -0.3 is 10.8 Å². The minimum atomic E-state index is 0.0893. The predicted octanol–water partition coefficient (Wildman–Crippen LogP) is 2.78. The van der Waals surface area contributed by atoms with Crippen LogP contribution in [-0.4, -0.2) is 5.11 Å². The first kappa shape index (κ1) is 8.20. The lowest BCUT2D eigenvalue weighted by Crippen LogP contribution is -1.86. The summed E-state index contributed by atoms with van der Waals surface area (Å²) in [6.45, 7) is 0. The molecule has 2 rings (SSSR count). The standard InChI is InChI=1S/C10H8ClNO/c11-8-5-4-6-7(10(8)13)2-1-3-9(6)12/h1-5,13H,12H2. The Bertz CT molecular complexity index is 468. The van der Waals surface area contributed by atoms with Crippen molar-refractivity contribution < 1.29 is 5.11 Å². The number of hydrogen-bond acceptors (Lipinski definition) is 2. The normalized spacial score (nSPS) is 10.5. The van der Waals surface area contributed by atoms with Gasteiger partial charge in [-0.3, -0.25) is 0 Å². The molecule has 0 bridgehead atoms. The maximum absolute atomic E-state index is 9.60. The number of rotatable bonds is 0. The van der Waals surface area contributed by atoms with Crippen molar-refractivity contribution in [1.82, 2.24) is 0 Å². The quantitative estimate of drug-likeness (QED) is 0.632. The van der Waals surface area contributed by atoms with E-state index in [1.807, 2.05) is 0 Å². The second-order valence-corrected chi connectivity index (χ2v) is 3.25. The Morgan fingerprint density at radius 1 is 1.08 bits per heavy atom. The molecular weight excluding hydrogens is 186 g/mol. The van der Waals surface area contributed by atoms with Crippen LogP contribution in [0.3, 0.4) is 0 Å². The van der Waals surface area contributed by atoms with Crippen LogP contribution in [0.15, 0.2) is 30.3 Å². The zero-order valence-corrected chi connectivity index (χ0v) is 7.55. The molecule has 2 aromatic rings. The van der Waals surface area contributed by atoms with Gasteiger partial charge in [-0.05, 0) is 12.1 Å². The molecule has 0 aliphatic carbocycles. The second kappa shape index (κ2) is 2.82. The van der Waals surface area contributed by atoms with E-state index in [9.17, 15) is 5.11 Å². The van der Waals surface area contributed by atoms with Gasteiger partial charge in [-0.1, -0.05) is 29.8 Å². The molecule has 0 atom stereocenters. The van der Waals surface area contributed by atoms with Gasteiger partial charge in [-0.15, -0.1) is 0 Å². The zero-order chi connectivity index (χ0) is 9.42. The van der Waals surface area contributed by atoms with Gasteiger partial charge in [-0.2, -0.15) is 0 Å². The Hall–Kier alpha value is -1.41. The fraction of sp³-hybridized carbons (Fsp3) is 0. The van der Waals surface area contributed by atoms with Crippen molar-refractivity contribution in [2.75, 3.05) is 5.73 Å². The van der Waals surface area contributed by atoms with Crippen molar-refractivity contribution in [2.45, 2.75) is 0 Å². The minimum Gasteiger partial charge on any atom is -0.506 e. The number of phenolic OH excluding ortho intramolecular Hbond substituents is 1. The average Bonchev–Trinajstić information content (AvgIpc) is 2.12. The smallest absolute Gasteiger partial charge is 0.142 e. The summed E-state index contributed by atoms with van der Waals surface area (Å²) in [5.41, 5.74) is 6.36. The molecule has 3 N–H and O–H groups in total. The van der Waals surface area contributed by atoms with Gasteiger partial charge in [0.25, 0.3) is 0 Å². The highest BCUT2D eigenvalue weighted by Gasteiger charge is 2.05. The van der Waals surface area contributed by atoms with Crippen molar-refractivity contribution in [3.05, 3.63) is 35.4 Å². The molecule has 0 fully saturated rings. The highest BCUT2D eigenvalue weighted by Crippen LogP contribution is 2.34. The number of fused-ring (bicyclic) bond motifs is 1. The summed E-state index contributed by atoms with van der Waals surface area (Å²) < 4.78 is 0. The van der Waals surface area contributed by atoms with Gasteiger partial charge in [0.1, 0.15) is 5.75 Å². The Morgan fingerprint density at radius 2 is 1.85 bits per heavy atom. The first-order chi connectivity index (χ1) is 6.20. The molecule has 66 valence electrons. The minimum absolute atomic E-state index is 0.0893. The summed E-state index contributed by atoms with van der Waals surface area (Å²) in [4.78, 5) is 0. The van der Waals surface area contributed by atoms with E-state index < -0.39 is 0 Å². The third-order valence-corrected chi connectivity index (χ3v) is 2.32. The lowest BCUT2D eigenvalue weighted by Gasteiger charge is -2.04. The molecule has 13 heavy (non-hydrogen) atoms. The second-order valence-electron chi connectivity index (χ2n) is 2.84. The molecule has 0 radical (unpaired) electrons. The maximum Gasteiger partial charge on any atom is 0.142 e. The molecule has 0 aliphatic rings.